The van der Waals surface area contributed by atoms with Gasteiger partial charge < -0.3 is 20.1 Å². The van der Waals surface area contributed by atoms with Crippen LogP contribution < -0.4 is 20.4 Å². The number of nitrogens with zero attached hydrogens (tertiary/aromatic N) is 4. The van der Waals surface area contributed by atoms with Gasteiger partial charge in [0.1, 0.15) is 29.3 Å². The van der Waals surface area contributed by atoms with Crippen molar-refractivity contribution in [2.24, 2.45) is 0 Å². The van der Waals surface area contributed by atoms with Crippen LogP contribution in [0.4, 0.5) is 10.2 Å². The fraction of sp³-hybridized carbons (Fsp3) is 0.222. The van der Waals surface area contributed by atoms with Crippen LogP contribution in [0.2, 0.25) is 0 Å². The van der Waals surface area contributed by atoms with Crippen LogP contribution in [-0.2, 0) is 11.3 Å². The topological polar surface area (TPSA) is 155 Å². The number of nitrogens with one attached hydrogen (secondary N) is 2. The highest BCUT2D eigenvalue weighted by atomic mass is 19.1. The average molecular weight is 633 g/mol. The van der Waals surface area contributed by atoms with E-state index >= 15 is 0 Å². The Balaban J connectivity index is 1.40. The number of halogens is 1. The fourth-order valence-corrected chi connectivity index (χ4v) is 5.79. The summed E-state index contributed by atoms with van der Waals surface area (Å²) >= 11 is 0. The van der Waals surface area contributed by atoms with Crippen LogP contribution in [0.1, 0.15) is 40.8 Å². The van der Waals surface area contributed by atoms with E-state index in [1.54, 1.807) is 29.8 Å². The highest BCUT2D eigenvalue weighted by molar-refractivity contribution is 5.92. The first kappa shape index (κ1) is 32.6. The average Bonchev–Trinajstić information content (AvgIpc) is 3.09. The van der Waals surface area contributed by atoms with Crippen LogP contribution in [0.3, 0.4) is 0 Å². The molecule has 1 saturated heterocycles. The van der Waals surface area contributed by atoms with Crippen LogP contribution in [0.5, 0.6) is 11.5 Å². The molecule has 3 aromatic carbocycles. The first-order chi connectivity index (χ1) is 22.8. The zero-order valence-electron chi connectivity index (χ0n) is 25.9. The summed E-state index contributed by atoms with van der Waals surface area (Å²) < 4.78 is 20.1. The van der Waals surface area contributed by atoms with Gasteiger partial charge in [0.2, 0.25) is 0 Å². The van der Waals surface area contributed by atoms with Crippen LogP contribution in [0.15, 0.2) is 66.7 Å². The number of anilines is 1. The van der Waals surface area contributed by atoms with Crippen molar-refractivity contribution in [2.75, 3.05) is 25.1 Å². The SMILES string of the molecule is COc1ccc(-c2c(C)nc(N3CCC(NCc4ccc(/C=C/C(=O)NO)cc4)CC3)c(C#N)c2-c2ccc(C#N)c(F)c2)cc1O. The maximum atomic E-state index is 14.9. The van der Waals surface area contributed by atoms with Gasteiger partial charge in [0.05, 0.1) is 12.7 Å². The van der Waals surface area contributed by atoms with Gasteiger partial charge >= 0.3 is 0 Å². The number of amides is 1. The number of ether oxygens (including phenoxy) is 1. The van der Waals surface area contributed by atoms with Crippen molar-refractivity contribution in [1.29, 1.82) is 10.5 Å². The molecule has 0 radical (unpaired) electrons. The number of aromatic nitrogens is 1. The Morgan fingerprint density at radius 1 is 1.06 bits per heavy atom. The molecule has 1 fully saturated rings. The lowest BCUT2D eigenvalue weighted by Gasteiger charge is -2.34. The molecule has 0 unspecified atom stereocenters. The Morgan fingerprint density at radius 2 is 1.77 bits per heavy atom. The van der Waals surface area contributed by atoms with Crippen LogP contribution in [-0.4, -0.2) is 47.4 Å². The number of rotatable bonds is 9. The van der Waals surface area contributed by atoms with E-state index in [0.717, 1.165) is 24.0 Å². The molecule has 2 heterocycles. The number of hydrogen-bond donors (Lipinski definition) is 4. The van der Waals surface area contributed by atoms with E-state index < -0.39 is 11.7 Å². The number of aromatic hydroxyl groups is 1. The normalized spacial score (nSPS) is 13.3. The molecule has 5 rings (SSSR count). The van der Waals surface area contributed by atoms with E-state index in [0.29, 0.717) is 53.4 Å². The van der Waals surface area contributed by atoms with Gasteiger partial charge in [-0.25, -0.2) is 14.9 Å². The minimum Gasteiger partial charge on any atom is -0.504 e. The van der Waals surface area contributed by atoms with Crippen molar-refractivity contribution in [3.05, 3.63) is 101 Å². The van der Waals surface area contributed by atoms with Gasteiger partial charge in [-0.3, -0.25) is 10.0 Å². The molecule has 1 aromatic heterocycles. The van der Waals surface area contributed by atoms with Crippen molar-refractivity contribution >= 4 is 17.8 Å². The monoisotopic (exact) mass is 632 g/mol. The van der Waals surface area contributed by atoms with Crippen molar-refractivity contribution in [3.8, 4) is 45.9 Å². The van der Waals surface area contributed by atoms with Gasteiger partial charge in [-0.2, -0.15) is 10.5 Å². The number of aryl methyl sites for hydroxylation is 1. The van der Waals surface area contributed by atoms with Crippen molar-refractivity contribution in [3.63, 3.8) is 0 Å². The molecule has 1 amide bonds. The number of carbonyl (C=O) groups excluding carboxylic acids is 1. The molecule has 4 aromatic rings. The molecule has 10 nitrogen and oxygen atoms in total. The summed E-state index contributed by atoms with van der Waals surface area (Å²) in [6.07, 6.45) is 4.47. The first-order valence-corrected chi connectivity index (χ1v) is 15.0. The molecule has 0 spiro atoms. The van der Waals surface area contributed by atoms with Crippen molar-refractivity contribution in [1.82, 2.24) is 15.8 Å². The second-order valence-corrected chi connectivity index (χ2v) is 11.1. The molecular formula is C36H33FN6O4. The standard InChI is InChI=1S/C36H33FN6O4/c1-22-34(26-10-11-32(47-2)31(44)18-26)35(25-8-9-27(19-38)30(37)17-25)29(20-39)36(41-22)43-15-13-28(14-16-43)40-21-24-5-3-23(4-6-24)7-12-33(45)42-46/h3-12,17-18,28,40,44,46H,13-16,21H2,1-2H3,(H,42,45)/b12-7+. The summed E-state index contributed by atoms with van der Waals surface area (Å²) in [7, 11) is 1.45. The summed E-state index contributed by atoms with van der Waals surface area (Å²) in [6.45, 7) is 3.75. The lowest BCUT2D eigenvalue weighted by atomic mass is 9.89. The molecule has 0 aliphatic carbocycles. The van der Waals surface area contributed by atoms with Gasteiger partial charge in [0.25, 0.3) is 5.91 Å². The zero-order chi connectivity index (χ0) is 33.5. The van der Waals surface area contributed by atoms with E-state index in [2.05, 4.69) is 16.3 Å². The molecule has 11 heteroatoms. The number of methoxy groups -OCH3 is 1. The van der Waals surface area contributed by atoms with E-state index in [1.807, 2.05) is 37.3 Å². The Bertz CT molecular complexity index is 1900. The van der Waals surface area contributed by atoms with Gasteiger partial charge in [0.15, 0.2) is 11.5 Å². The van der Waals surface area contributed by atoms with Gasteiger partial charge in [-0.15, -0.1) is 0 Å². The zero-order valence-corrected chi connectivity index (χ0v) is 25.9. The molecule has 0 saturated carbocycles. The molecule has 1 aliphatic rings. The maximum Gasteiger partial charge on any atom is 0.267 e. The predicted octanol–water partition coefficient (Wildman–Crippen LogP) is 5.60. The molecule has 0 atom stereocenters. The summed E-state index contributed by atoms with van der Waals surface area (Å²) in [4.78, 5) is 18.2. The molecule has 47 heavy (non-hydrogen) atoms. The van der Waals surface area contributed by atoms with Crippen molar-refractivity contribution in [2.45, 2.75) is 32.4 Å². The molecular weight excluding hydrogens is 599 g/mol. The Kier molecular flexibility index (Phi) is 10.1. The highest BCUT2D eigenvalue weighted by Crippen LogP contribution is 2.43. The molecule has 4 N–H and O–H groups in total. The second kappa shape index (κ2) is 14.6. The third kappa shape index (κ3) is 7.23. The Hall–Kier alpha value is -5.75. The number of hydrogen-bond acceptors (Lipinski definition) is 9. The quantitative estimate of drug-likeness (QED) is 0.105. The van der Waals surface area contributed by atoms with E-state index in [9.17, 15) is 24.8 Å². The maximum absolute atomic E-state index is 14.9. The number of nitriles is 2. The van der Waals surface area contributed by atoms with E-state index in [4.69, 9.17) is 14.9 Å². The van der Waals surface area contributed by atoms with Crippen LogP contribution in [0, 0.1) is 35.4 Å². The number of phenols is 1. The molecule has 238 valence electrons. The number of carbonyl (C=O) groups is 1. The van der Waals surface area contributed by atoms with Crippen LogP contribution in [0.25, 0.3) is 28.3 Å². The second-order valence-electron chi connectivity index (χ2n) is 11.1. The first-order valence-electron chi connectivity index (χ1n) is 15.0. The Labute approximate surface area is 271 Å². The smallest absolute Gasteiger partial charge is 0.267 e. The van der Waals surface area contributed by atoms with Gasteiger partial charge in [0, 0.05) is 48.6 Å². The predicted molar refractivity (Wildman–Crippen MR) is 175 cm³/mol. The third-order valence-corrected chi connectivity index (χ3v) is 8.22. The summed E-state index contributed by atoms with van der Waals surface area (Å²) in [5.74, 6) is -0.581. The minimum atomic E-state index is -0.694. The number of piperidine rings is 1. The van der Waals surface area contributed by atoms with Gasteiger partial charge in [-0.05, 0) is 72.4 Å². The summed E-state index contributed by atoms with van der Waals surface area (Å²) in [5, 5.41) is 42.6. The molecule has 0 bridgehead atoms. The minimum absolute atomic E-state index is 0.0848. The fourth-order valence-electron chi connectivity index (χ4n) is 5.79. The third-order valence-electron chi connectivity index (χ3n) is 8.22. The largest absolute Gasteiger partial charge is 0.504 e. The summed E-state index contributed by atoms with van der Waals surface area (Å²) in [5.41, 5.74) is 6.30. The summed E-state index contributed by atoms with van der Waals surface area (Å²) in [6, 6.07) is 21.3. The van der Waals surface area contributed by atoms with E-state index in [1.165, 1.54) is 31.4 Å². The highest BCUT2D eigenvalue weighted by Gasteiger charge is 2.27. The number of phenolic OH excluding ortho intramolecular Hbond substituents is 1. The van der Waals surface area contributed by atoms with Crippen LogP contribution >= 0.6 is 0 Å². The number of benzene rings is 3. The lowest BCUT2D eigenvalue weighted by molar-refractivity contribution is -0.124. The van der Waals surface area contributed by atoms with Crippen molar-refractivity contribution < 1.29 is 24.2 Å². The van der Waals surface area contributed by atoms with Gasteiger partial charge in [-0.1, -0.05) is 36.4 Å². The lowest BCUT2D eigenvalue weighted by Crippen LogP contribution is -2.43. The Morgan fingerprint density at radius 3 is 2.38 bits per heavy atom. The number of hydroxylamine groups is 1. The van der Waals surface area contributed by atoms with E-state index in [-0.39, 0.29) is 28.7 Å². The number of pyridine rings is 1. The molecule has 1 aliphatic heterocycles.